The van der Waals surface area contributed by atoms with Crippen LogP contribution in [0, 0.1) is 6.92 Å². The quantitative estimate of drug-likeness (QED) is 0.866. The number of rotatable bonds is 4. The average Bonchev–Trinajstić information content (AvgIpc) is 2.67. The number of halogens is 1. The third-order valence-corrected chi connectivity index (χ3v) is 4.07. The van der Waals surface area contributed by atoms with Crippen molar-refractivity contribution in [1.29, 1.82) is 0 Å². The summed E-state index contributed by atoms with van der Waals surface area (Å²) in [6.45, 7) is 1.97. The molecule has 1 aromatic carbocycles. The molecular formula is C14H17BrN2O2. The maximum atomic E-state index is 5.64. The third-order valence-electron chi connectivity index (χ3n) is 3.09. The zero-order valence-corrected chi connectivity index (χ0v) is 13.1. The second-order valence-electron chi connectivity index (χ2n) is 4.30. The molecule has 1 atom stereocenters. The fourth-order valence-electron chi connectivity index (χ4n) is 2.12. The maximum absolute atomic E-state index is 5.64. The van der Waals surface area contributed by atoms with Gasteiger partial charge in [-0.2, -0.15) is 5.10 Å². The van der Waals surface area contributed by atoms with E-state index in [0.717, 1.165) is 27.2 Å². The standard InChI is InChI=1S/C14H17BrN2O2/c1-9-12(15)13(17(2)16-9)14(19-4)10-5-7-11(18-3)8-6-10/h5-8,14H,1-4H3. The molecule has 1 unspecified atom stereocenters. The molecule has 0 fully saturated rings. The molecule has 0 saturated carbocycles. The van der Waals surface area contributed by atoms with Crippen molar-refractivity contribution in [2.75, 3.05) is 14.2 Å². The molecule has 0 N–H and O–H groups in total. The van der Waals surface area contributed by atoms with Crippen LogP contribution >= 0.6 is 15.9 Å². The first kappa shape index (κ1) is 14.1. The normalized spacial score (nSPS) is 12.5. The Kier molecular flexibility index (Phi) is 4.27. The molecular weight excluding hydrogens is 308 g/mol. The molecule has 0 saturated heterocycles. The van der Waals surface area contributed by atoms with Crippen LogP contribution in [-0.4, -0.2) is 24.0 Å². The van der Waals surface area contributed by atoms with E-state index < -0.39 is 0 Å². The number of ether oxygens (including phenoxy) is 2. The molecule has 0 aliphatic rings. The van der Waals surface area contributed by atoms with Crippen LogP contribution in [0.5, 0.6) is 5.75 Å². The zero-order chi connectivity index (χ0) is 14.0. The summed E-state index contributed by atoms with van der Waals surface area (Å²) in [6.07, 6.45) is -0.161. The average molecular weight is 325 g/mol. The van der Waals surface area contributed by atoms with Crippen molar-refractivity contribution in [3.63, 3.8) is 0 Å². The molecule has 2 rings (SSSR count). The van der Waals surface area contributed by atoms with E-state index in [1.807, 2.05) is 42.9 Å². The lowest BCUT2D eigenvalue weighted by Gasteiger charge is -2.17. The minimum absolute atomic E-state index is 0.161. The van der Waals surface area contributed by atoms with Gasteiger partial charge in [0.05, 0.1) is 23.0 Å². The Morgan fingerprint density at radius 1 is 1.21 bits per heavy atom. The lowest BCUT2D eigenvalue weighted by molar-refractivity contribution is 0.128. The van der Waals surface area contributed by atoms with Gasteiger partial charge in [-0.1, -0.05) is 12.1 Å². The van der Waals surface area contributed by atoms with Crippen molar-refractivity contribution in [3.8, 4) is 5.75 Å². The molecule has 0 spiro atoms. The number of aromatic nitrogens is 2. The highest BCUT2D eigenvalue weighted by Gasteiger charge is 2.22. The molecule has 2 aromatic rings. The van der Waals surface area contributed by atoms with Crippen LogP contribution in [-0.2, 0) is 11.8 Å². The van der Waals surface area contributed by atoms with Gasteiger partial charge in [0.15, 0.2) is 0 Å². The van der Waals surface area contributed by atoms with Gasteiger partial charge in [-0.3, -0.25) is 4.68 Å². The summed E-state index contributed by atoms with van der Waals surface area (Å²) >= 11 is 3.58. The van der Waals surface area contributed by atoms with Crippen molar-refractivity contribution in [2.24, 2.45) is 7.05 Å². The van der Waals surface area contributed by atoms with Crippen LogP contribution < -0.4 is 4.74 Å². The fourth-order valence-corrected chi connectivity index (χ4v) is 2.66. The molecule has 0 amide bonds. The van der Waals surface area contributed by atoms with Gasteiger partial charge in [0.25, 0.3) is 0 Å². The van der Waals surface area contributed by atoms with Gasteiger partial charge in [0.2, 0.25) is 0 Å². The van der Waals surface area contributed by atoms with E-state index in [1.165, 1.54) is 0 Å². The van der Waals surface area contributed by atoms with E-state index in [-0.39, 0.29) is 6.10 Å². The zero-order valence-electron chi connectivity index (χ0n) is 11.5. The Morgan fingerprint density at radius 2 is 1.84 bits per heavy atom. The monoisotopic (exact) mass is 324 g/mol. The van der Waals surface area contributed by atoms with Crippen molar-refractivity contribution < 1.29 is 9.47 Å². The number of nitrogens with zero attached hydrogens (tertiary/aromatic N) is 2. The van der Waals surface area contributed by atoms with E-state index in [2.05, 4.69) is 21.0 Å². The first-order valence-corrected chi connectivity index (χ1v) is 6.73. The van der Waals surface area contributed by atoms with E-state index in [4.69, 9.17) is 9.47 Å². The molecule has 1 aromatic heterocycles. The van der Waals surface area contributed by atoms with E-state index in [0.29, 0.717) is 0 Å². The van der Waals surface area contributed by atoms with Crippen molar-refractivity contribution in [2.45, 2.75) is 13.0 Å². The Morgan fingerprint density at radius 3 is 2.26 bits per heavy atom. The minimum Gasteiger partial charge on any atom is -0.497 e. The second-order valence-corrected chi connectivity index (χ2v) is 5.09. The van der Waals surface area contributed by atoms with Crippen molar-refractivity contribution >= 4 is 15.9 Å². The van der Waals surface area contributed by atoms with Crippen LogP contribution in [0.3, 0.4) is 0 Å². The molecule has 4 nitrogen and oxygen atoms in total. The summed E-state index contributed by atoms with van der Waals surface area (Å²) in [6, 6.07) is 7.86. The summed E-state index contributed by atoms with van der Waals surface area (Å²) in [5.74, 6) is 0.832. The lowest BCUT2D eigenvalue weighted by Crippen LogP contribution is -2.09. The molecule has 102 valence electrons. The van der Waals surface area contributed by atoms with Gasteiger partial charge in [0, 0.05) is 14.2 Å². The smallest absolute Gasteiger partial charge is 0.125 e. The second kappa shape index (κ2) is 5.75. The van der Waals surface area contributed by atoms with E-state index in [9.17, 15) is 0 Å². The summed E-state index contributed by atoms with van der Waals surface area (Å²) in [7, 11) is 5.27. The number of benzene rings is 1. The Hall–Kier alpha value is -1.33. The highest BCUT2D eigenvalue weighted by Crippen LogP contribution is 2.33. The fraction of sp³-hybridized carbons (Fsp3) is 0.357. The molecule has 19 heavy (non-hydrogen) atoms. The molecule has 5 heteroatoms. The number of hydrogen-bond acceptors (Lipinski definition) is 3. The molecule has 0 radical (unpaired) electrons. The lowest BCUT2D eigenvalue weighted by atomic mass is 10.1. The summed E-state index contributed by atoms with van der Waals surface area (Å²) in [5, 5.41) is 4.40. The Bertz CT molecular complexity index is 564. The highest BCUT2D eigenvalue weighted by atomic mass is 79.9. The van der Waals surface area contributed by atoms with Gasteiger partial charge in [0.1, 0.15) is 11.9 Å². The van der Waals surface area contributed by atoms with Crippen LogP contribution in [0.25, 0.3) is 0 Å². The Balaban J connectivity index is 2.43. The highest BCUT2D eigenvalue weighted by molar-refractivity contribution is 9.10. The van der Waals surface area contributed by atoms with Crippen LogP contribution in [0.15, 0.2) is 28.7 Å². The van der Waals surface area contributed by atoms with E-state index in [1.54, 1.807) is 14.2 Å². The predicted molar refractivity (Wildman–Crippen MR) is 77.5 cm³/mol. The first-order valence-electron chi connectivity index (χ1n) is 5.94. The van der Waals surface area contributed by atoms with E-state index >= 15 is 0 Å². The number of aryl methyl sites for hydroxylation is 2. The SMILES string of the molecule is COc1ccc(C(OC)c2c(Br)c(C)nn2C)cc1. The minimum atomic E-state index is -0.161. The van der Waals surface area contributed by atoms with Crippen LogP contribution in [0.1, 0.15) is 23.1 Å². The van der Waals surface area contributed by atoms with Crippen LogP contribution in [0.4, 0.5) is 0 Å². The summed E-state index contributed by atoms with van der Waals surface area (Å²) < 4.78 is 13.6. The van der Waals surface area contributed by atoms with Gasteiger partial charge < -0.3 is 9.47 Å². The van der Waals surface area contributed by atoms with Crippen LogP contribution in [0.2, 0.25) is 0 Å². The predicted octanol–water partition coefficient (Wildman–Crippen LogP) is 3.24. The number of hydrogen-bond donors (Lipinski definition) is 0. The number of methoxy groups -OCH3 is 2. The maximum Gasteiger partial charge on any atom is 0.125 e. The van der Waals surface area contributed by atoms with Gasteiger partial charge >= 0.3 is 0 Å². The largest absolute Gasteiger partial charge is 0.497 e. The molecule has 0 aliphatic heterocycles. The molecule has 0 bridgehead atoms. The molecule has 0 aliphatic carbocycles. The summed E-state index contributed by atoms with van der Waals surface area (Å²) in [4.78, 5) is 0. The van der Waals surface area contributed by atoms with Gasteiger partial charge in [-0.25, -0.2) is 0 Å². The molecule has 1 heterocycles. The van der Waals surface area contributed by atoms with Crippen molar-refractivity contribution in [3.05, 3.63) is 45.7 Å². The third kappa shape index (κ3) is 2.67. The van der Waals surface area contributed by atoms with Crippen molar-refractivity contribution in [1.82, 2.24) is 9.78 Å². The summed E-state index contributed by atoms with van der Waals surface area (Å²) in [5.41, 5.74) is 3.02. The first-order chi connectivity index (χ1) is 9.08. The van der Waals surface area contributed by atoms with Gasteiger partial charge in [-0.05, 0) is 40.5 Å². The topological polar surface area (TPSA) is 36.3 Å². The Labute approximate surface area is 121 Å². The van der Waals surface area contributed by atoms with Gasteiger partial charge in [-0.15, -0.1) is 0 Å².